The summed E-state index contributed by atoms with van der Waals surface area (Å²) >= 11 is 0. The lowest BCUT2D eigenvalue weighted by Gasteiger charge is -2.10. The molecule has 0 aliphatic rings. The van der Waals surface area contributed by atoms with Gasteiger partial charge in [-0.05, 0) is 41.5 Å². The molecule has 0 aliphatic carbocycles. The lowest BCUT2D eigenvalue weighted by molar-refractivity contribution is 0.396. The first kappa shape index (κ1) is 16.6. The molecule has 4 nitrogen and oxygen atoms in total. The van der Waals surface area contributed by atoms with Crippen molar-refractivity contribution in [3.63, 3.8) is 0 Å². The van der Waals surface area contributed by atoms with Crippen molar-refractivity contribution in [3.8, 4) is 33.8 Å². The van der Waals surface area contributed by atoms with E-state index in [4.69, 9.17) is 15.9 Å². The highest BCUT2D eigenvalue weighted by molar-refractivity contribution is 5.79. The molecule has 0 atom stereocenters. The van der Waals surface area contributed by atoms with Gasteiger partial charge in [-0.1, -0.05) is 0 Å². The van der Waals surface area contributed by atoms with Crippen LogP contribution in [0.25, 0.3) is 22.3 Å². The van der Waals surface area contributed by atoms with E-state index < -0.39 is 34.8 Å². The van der Waals surface area contributed by atoms with E-state index in [9.17, 15) is 17.6 Å². The molecule has 0 aliphatic heterocycles. The van der Waals surface area contributed by atoms with Gasteiger partial charge in [0.1, 0.15) is 5.82 Å². The third-order valence-corrected chi connectivity index (χ3v) is 3.60. The first-order valence-corrected chi connectivity index (χ1v) is 6.90. The molecular weight excluding hydrogens is 340 g/mol. The van der Waals surface area contributed by atoms with Gasteiger partial charge >= 0.3 is 0 Å². The number of nitrogens with zero attached hydrogens (tertiary/aromatic N) is 1. The normalized spacial score (nSPS) is 10.9. The highest BCUT2D eigenvalue weighted by Gasteiger charge is 2.16. The number of hydrogen-bond acceptors (Lipinski definition) is 4. The Morgan fingerprint density at radius 2 is 1.12 bits per heavy atom. The van der Waals surface area contributed by atoms with E-state index in [2.05, 4.69) is 4.98 Å². The number of aromatic nitrogens is 1. The zero-order chi connectivity index (χ0) is 18.3. The van der Waals surface area contributed by atoms with Crippen LogP contribution >= 0.6 is 0 Å². The Labute approximate surface area is 138 Å². The minimum Gasteiger partial charge on any atom is -0.503 e. The van der Waals surface area contributed by atoms with Crippen molar-refractivity contribution in [3.05, 3.63) is 59.8 Å². The van der Waals surface area contributed by atoms with Crippen molar-refractivity contribution in [2.45, 2.75) is 0 Å². The average Bonchev–Trinajstić information content (AvgIpc) is 2.57. The number of anilines is 1. The fourth-order valence-corrected chi connectivity index (χ4v) is 2.32. The molecule has 3 rings (SSSR count). The second-order valence-corrected chi connectivity index (χ2v) is 5.23. The number of nitrogens with two attached hydrogens (primary N) is 1. The molecule has 2 aromatic carbocycles. The lowest BCUT2D eigenvalue weighted by atomic mass is 10.0. The molecule has 0 unspecified atom stereocenters. The van der Waals surface area contributed by atoms with Crippen LogP contribution in [-0.2, 0) is 0 Å². The van der Waals surface area contributed by atoms with E-state index in [1.807, 2.05) is 0 Å². The van der Waals surface area contributed by atoms with Gasteiger partial charge in [0.15, 0.2) is 34.8 Å². The summed E-state index contributed by atoms with van der Waals surface area (Å²) in [5.41, 5.74) is 6.05. The van der Waals surface area contributed by atoms with E-state index in [0.717, 1.165) is 24.3 Å². The standard InChI is InChI=1S/C17H10F4N2O2/c18-11-2-7(3-12(19)15(11)24)9-1-10(17(22)23-6-9)8-4-13(20)16(25)14(21)5-8/h1-6,24-25H,(H2,22,23). The smallest absolute Gasteiger partial charge is 0.187 e. The number of phenolic OH excluding ortho intramolecular Hbond substituents is 2. The van der Waals surface area contributed by atoms with Crippen molar-refractivity contribution in [1.82, 2.24) is 4.98 Å². The van der Waals surface area contributed by atoms with Gasteiger partial charge in [-0.3, -0.25) is 0 Å². The Bertz CT molecular complexity index is 946. The molecule has 0 fully saturated rings. The minimum absolute atomic E-state index is 0.0145. The SMILES string of the molecule is Nc1ncc(-c2cc(F)c(O)c(F)c2)cc1-c1cc(F)c(O)c(F)c1. The van der Waals surface area contributed by atoms with E-state index in [0.29, 0.717) is 0 Å². The first-order valence-electron chi connectivity index (χ1n) is 6.90. The number of halogens is 4. The van der Waals surface area contributed by atoms with Crippen molar-refractivity contribution in [2.24, 2.45) is 0 Å². The second-order valence-electron chi connectivity index (χ2n) is 5.23. The Morgan fingerprint density at radius 1 is 0.680 bits per heavy atom. The van der Waals surface area contributed by atoms with Crippen LogP contribution in [0.2, 0.25) is 0 Å². The fraction of sp³-hybridized carbons (Fsp3) is 0. The number of nitrogen functional groups attached to an aromatic ring is 1. The third-order valence-electron chi connectivity index (χ3n) is 3.60. The summed E-state index contributed by atoms with van der Waals surface area (Å²) in [5.74, 6) is -7.05. The molecule has 0 bridgehead atoms. The number of phenols is 2. The maximum atomic E-state index is 13.6. The average molecular weight is 350 g/mol. The third kappa shape index (κ3) is 2.93. The van der Waals surface area contributed by atoms with Crippen LogP contribution in [-0.4, -0.2) is 15.2 Å². The topological polar surface area (TPSA) is 79.4 Å². The lowest BCUT2D eigenvalue weighted by Crippen LogP contribution is -1.97. The Hall–Kier alpha value is -3.29. The predicted octanol–water partition coefficient (Wildman–Crippen LogP) is 3.97. The van der Waals surface area contributed by atoms with Gasteiger partial charge in [-0.2, -0.15) is 0 Å². The van der Waals surface area contributed by atoms with Gasteiger partial charge in [0.25, 0.3) is 0 Å². The number of benzene rings is 2. The van der Waals surface area contributed by atoms with Crippen molar-refractivity contribution < 1.29 is 27.8 Å². The van der Waals surface area contributed by atoms with Crippen molar-refractivity contribution in [1.29, 1.82) is 0 Å². The molecule has 1 aromatic heterocycles. The number of rotatable bonds is 2. The molecule has 128 valence electrons. The summed E-state index contributed by atoms with van der Waals surface area (Å²) in [6.45, 7) is 0. The molecule has 0 saturated carbocycles. The maximum Gasteiger partial charge on any atom is 0.187 e. The second kappa shape index (κ2) is 5.97. The number of pyridine rings is 1. The van der Waals surface area contributed by atoms with Crippen LogP contribution in [0.4, 0.5) is 23.4 Å². The van der Waals surface area contributed by atoms with Gasteiger partial charge in [-0.15, -0.1) is 0 Å². The predicted molar refractivity (Wildman–Crippen MR) is 82.7 cm³/mol. The molecular formula is C17H10F4N2O2. The van der Waals surface area contributed by atoms with E-state index in [1.54, 1.807) is 0 Å². The van der Waals surface area contributed by atoms with E-state index in [1.165, 1.54) is 12.3 Å². The quantitative estimate of drug-likeness (QED) is 0.611. The summed E-state index contributed by atoms with van der Waals surface area (Å²) in [7, 11) is 0. The summed E-state index contributed by atoms with van der Waals surface area (Å²) in [6.07, 6.45) is 1.22. The summed E-state index contributed by atoms with van der Waals surface area (Å²) in [5, 5.41) is 18.3. The molecule has 0 radical (unpaired) electrons. The number of hydrogen-bond donors (Lipinski definition) is 3. The van der Waals surface area contributed by atoms with Crippen LogP contribution in [0.5, 0.6) is 11.5 Å². The summed E-state index contributed by atoms with van der Waals surface area (Å²) in [4.78, 5) is 3.86. The molecule has 0 spiro atoms. The minimum atomic E-state index is -1.19. The molecule has 1 heterocycles. The molecule has 0 saturated heterocycles. The van der Waals surface area contributed by atoms with Crippen LogP contribution in [0, 0.1) is 23.3 Å². The number of aromatic hydroxyl groups is 2. The van der Waals surface area contributed by atoms with E-state index >= 15 is 0 Å². The van der Waals surface area contributed by atoms with Gasteiger partial charge in [0.2, 0.25) is 0 Å². The Kier molecular flexibility index (Phi) is 3.96. The first-order chi connectivity index (χ1) is 11.8. The van der Waals surface area contributed by atoms with Crippen LogP contribution in [0.3, 0.4) is 0 Å². The molecule has 4 N–H and O–H groups in total. The van der Waals surface area contributed by atoms with Gasteiger partial charge < -0.3 is 15.9 Å². The van der Waals surface area contributed by atoms with Crippen LogP contribution in [0.1, 0.15) is 0 Å². The van der Waals surface area contributed by atoms with Gasteiger partial charge in [0, 0.05) is 17.3 Å². The van der Waals surface area contributed by atoms with E-state index in [-0.39, 0.29) is 28.1 Å². The summed E-state index contributed by atoms with van der Waals surface area (Å²) < 4.78 is 54.1. The maximum absolute atomic E-state index is 13.6. The highest BCUT2D eigenvalue weighted by Crippen LogP contribution is 2.34. The van der Waals surface area contributed by atoms with Crippen LogP contribution < -0.4 is 5.73 Å². The highest BCUT2D eigenvalue weighted by atomic mass is 19.1. The zero-order valence-electron chi connectivity index (χ0n) is 12.4. The van der Waals surface area contributed by atoms with Crippen molar-refractivity contribution >= 4 is 5.82 Å². The fourth-order valence-electron chi connectivity index (χ4n) is 2.32. The molecule has 8 heteroatoms. The molecule has 3 aromatic rings. The van der Waals surface area contributed by atoms with Gasteiger partial charge in [0.05, 0.1) is 0 Å². The zero-order valence-corrected chi connectivity index (χ0v) is 12.4. The monoisotopic (exact) mass is 350 g/mol. The van der Waals surface area contributed by atoms with Crippen LogP contribution in [0.15, 0.2) is 36.5 Å². The van der Waals surface area contributed by atoms with Gasteiger partial charge in [-0.25, -0.2) is 22.5 Å². The Morgan fingerprint density at radius 3 is 1.60 bits per heavy atom. The Balaban J connectivity index is 2.17. The van der Waals surface area contributed by atoms with Crippen molar-refractivity contribution in [2.75, 3.05) is 5.73 Å². The largest absolute Gasteiger partial charge is 0.503 e. The summed E-state index contributed by atoms with van der Waals surface area (Å²) in [6, 6.07) is 4.81. The molecule has 0 amide bonds. The molecule has 25 heavy (non-hydrogen) atoms.